The van der Waals surface area contributed by atoms with Gasteiger partial charge in [-0.3, -0.25) is 0 Å². The maximum atomic E-state index is 4.14. The highest BCUT2D eigenvalue weighted by atomic mass is 32.2. The SMILES string of the molecule is Cc1cc(C)cc(CSCc2nnnn2-c2ccccc2)c1. The molecule has 112 valence electrons. The largest absolute Gasteiger partial charge is 0.196 e. The van der Waals surface area contributed by atoms with E-state index >= 15 is 0 Å². The minimum Gasteiger partial charge on any atom is -0.196 e. The van der Waals surface area contributed by atoms with Crippen molar-refractivity contribution >= 4 is 11.8 Å². The number of rotatable bonds is 5. The number of hydrogen-bond acceptors (Lipinski definition) is 4. The molecular formula is C17H18N4S. The van der Waals surface area contributed by atoms with E-state index in [0.717, 1.165) is 23.0 Å². The second-order valence-electron chi connectivity index (χ2n) is 5.33. The van der Waals surface area contributed by atoms with Crippen LogP contribution in [0.15, 0.2) is 48.5 Å². The first kappa shape index (κ1) is 14.8. The van der Waals surface area contributed by atoms with E-state index in [-0.39, 0.29) is 0 Å². The molecule has 0 saturated heterocycles. The van der Waals surface area contributed by atoms with E-state index in [9.17, 15) is 0 Å². The Hall–Kier alpha value is -2.14. The van der Waals surface area contributed by atoms with Gasteiger partial charge in [0.2, 0.25) is 0 Å². The van der Waals surface area contributed by atoms with Gasteiger partial charge in [0, 0.05) is 5.75 Å². The molecule has 0 fully saturated rings. The lowest BCUT2D eigenvalue weighted by Crippen LogP contribution is -2.02. The number of aryl methyl sites for hydroxylation is 2. The summed E-state index contributed by atoms with van der Waals surface area (Å²) in [5.41, 5.74) is 4.96. The van der Waals surface area contributed by atoms with Crippen LogP contribution < -0.4 is 0 Å². The second-order valence-corrected chi connectivity index (χ2v) is 6.32. The summed E-state index contributed by atoms with van der Waals surface area (Å²) in [6.45, 7) is 4.27. The molecule has 0 atom stereocenters. The van der Waals surface area contributed by atoms with Crippen molar-refractivity contribution in [1.29, 1.82) is 0 Å². The predicted molar refractivity (Wildman–Crippen MR) is 90.1 cm³/mol. The van der Waals surface area contributed by atoms with E-state index < -0.39 is 0 Å². The third-order valence-electron chi connectivity index (χ3n) is 3.32. The third-order valence-corrected chi connectivity index (χ3v) is 4.32. The number of para-hydroxylation sites is 1. The molecule has 0 aliphatic rings. The van der Waals surface area contributed by atoms with Gasteiger partial charge in [0.1, 0.15) is 0 Å². The number of nitrogens with zero attached hydrogens (tertiary/aromatic N) is 4. The van der Waals surface area contributed by atoms with E-state index in [4.69, 9.17) is 0 Å². The zero-order chi connectivity index (χ0) is 15.4. The van der Waals surface area contributed by atoms with Crippen LogP contribution in [0, 0.1) is 13.8 Å². The lowest BCUT2D eigenvalue weighted by atomic mass is 10.1. The molecule has 0 bridgehead atoms. The average molecular weight is 310 g/mol. The first-order chi connectivity index (χ1) is 10.7. The zero-order valence-electron chi connectivity index (χ0n) is 12.7. The van der Waals surface area contributed by atoms with Gasteiger partial charge in [-0.1, -0.05) is 47.5 Å². The van der Waals surface area contributed by atoms with Crippen molar-refractivity contribution in [3.8, 4) is 5.69 Å². The Morgan fingerprint density at radius 2 is 1.68 bits per heavy atom. The molecule has 0 radical (unpaired) electrons. The van der Waals surface area contributed by atoms with Crippen molar-refractivity contribution in [2.24, 2.45) is 0 Å². The van der Waals surface area contributed by atoms with Crippen LogP contribution in [-0.2, 0) is 11.5 Å². The lowest BCUT2D eigenvalue weighted by molar-refractivity contribution is 0.777. The molecule has 0 aliphatic carbocycles. The fourth-order valence-corrected chi connectivity index (χ4v) is 3.34. The Balaban J connectivity index is 1.67. The van der Waals surface area contributed by atoms with Crippen molar-refractivity contribution < 1.29 is 0 Å². The van der Waals surface area contributed by atoms with E-state index in [1.165, 1.54) is 16.7 Å². The molecule has 0 unspecified atom stereocenters. The summed E-state index contributed by atoms with van der Waals surface area (Å²) in [6.07, 6.45) is 0. The normalized spacial score (nSPS) is 10.8. The lowest BCUT2D eigenvalue weighted by Gasteiger charge is -2.06. The first-order valence-corrected chi connectivity index (χ1v) is 8.35. The fourth-order valence-electron chi connectivity index (χ4n) is 2.48. The van der Waals surface area contributed by atoms with Crippen molar-refractivity contribution in [1.82, 2.24) is 20.2 Å². The van der Waals surface area contributed by atoms with Gasteiger partial charge in [0.15, 0.2) is 5.82 Å². The van der Waals surface area contributed by atoms with Crippen LogP contribution in [0.4, 0.5) is 0 Å². The molecule has 0 N–H and O–H groups in total. The summed E-state index contributed by atoms with van der Waals surface area (Å²) >= 11 is 1.83. The summed E-state index contributed by atoms with van der Waals surface area (Å²) in [6, 6.07) is 16.7. The molecule has 0 spiro atoms. The van der Waals surface area contributed by atoms with Crippen LogP contribution in [0.2, 0.25) is 0 Å². The summed E-state index contributed by atoms with van der Waals surface area (Å²) in [5, 5.41) is 12.0. The summed E-state index contributed by atoms with van der Waals surface area (Å²) < 4.78 is 1.80. The topological polar surface area (TPSA) is 43.6 Å². The van der Waals surface area contributed by atoms with Crippen molar-refractivity contribution in [3.05, 3.63) is 71.0 Å². The molecule has 2 aromatic carbocycles. The molecule has 3 aromatic rings. The Kier molecular flexibility index (Phi) is 4.53. The first-order valence-electron chi connectivity index (χ1n) is 7.20. The molecule has 3 rings (SSSR count). The number of benzene rings is 2. The maximum absolute atomic E-state index is 4.14. The molecule has 1 aromatic heterocycles. The smallest absolute Gasteiger partial charge is 0.166 e. The predicted octanol–water partition coefficient (Wildman–Crippen LogP) is 3.71. The molecule has 22 heavy (non-hydrogen) atoms. The van der Waals surface area contributed by atoms with Gasteiger partial charge in [0.05, 0.1) is 11.4 Å². The second kappa shape index (κ2) is 6.75. The van der Waals surface area contributed by atoms with Crippen LogP contribution in [0.1, 0.15) is 22.5 Å². The Labute approximate surface area is 134 Å². The zero-order valence-corrected chi connectivity index (χ0v) is 13.5. The highest BCUT2D eigenvalue weighted by molar-refractivity contribution is 7.97. The highest BCUT2D eigenvalue weighted by Gasteiger charge is 2.08. The molecule has 0 saturated carbocycles. The van der Waals surface area contributed by atoms with E-state index in [2.05, 4.69) is 47.6 Å². The van der Waals surface area contributed by atoms with Gasteiger partial charge in [-0.25, -0.2) is 0 Å². The number of hydrogen-bond donors (Lipinski definition) is 0. The molecule has 0 amide bonds. The monoisotopic (exact) mass is 310 g/mol. The number of thioether (sulfide) groups is 1. The summed E-state index contributed by atoms with van der Waals surface area (Å²) in [7, 11) is 0. The third kappa shape index (κ3) is 3.54. The van der Waals surface area contributed by atoms with Crippen LogP contribution in [0.3, 0.4) is 0 Å². The van der Waals surface area contributed by atoms with Crippen LogP contribution >= 0.6 is 11.8 Å². The summed E-state index contributed by atoms with van der Waals surface area (Å²) in [4.78, 5) is 0. The molecular weight excluding hydrogens is 292 g/mol. The van der Waals surface area contributed by atoms with Gasteiger partial charge in [-0.05, 0) is 42.0 Å². The van der Waals surface area contributed by atoms with Crippen molar-refractivity contribution in [2.45, 2.75) is 25.4 Å². The minimum absolute atomic E-state index is 0.787. The van der Waals surface area contributed by atoms with Gasteiger partial charge in [0.25, 0.3) is 0 Å². The molecule has 5 heteroatoms. The Bertz CT molecular complexity index is 732. The van der Waals surface area contributed by atoms with Crippen LogP contribution in [-0.4, -0.2) is 20.2 Å². The molecule has 0 aliphatic heterocycles. The Morgan fingerprint density at radius 1 is 0.955 bits per heavy atom. The van der Waals surface area contributed by atoms with E-state index in [0.29, 0.717) is 0 Å². The van der Waals surface area contributed by atoms with Gasteiger partial charge >= 0.3 is 0 Å². The Morgan fingerprint density at radius 3 is 2.41 bits per heavy atom. The average Bonchev–Trinajstić information content (AvgIpc) is 2.96. The van der Waals surface area contributed by atoms with E-state index in [1.807, 2.05) is 42.1 Å². The number of tetrazole rings is 1. The van der Waals surface area contributed by atoms with Crippen LogP contribution in [0.5, 0.6) is 0 Å². The van der Waals surface area contributed by atoms with Gasteiger partial charge < -0.3 is 0 Å². The highest BCUT2D eigenvalue weighted by Crippen LogP contribution is 2.19. The summed E-state index contributed by atoms with van der Waals surface area (Å²) in [5.74, 6) is 2.62. The fraction of sp³-hybridized carbons (Fsp3) is 0.235. The van der Waals surface area contributed by atoms with Crippen LogP contribution in [0.25, 0.3) is 5.69 Å². The van der Waals surface area contributed by atoms with Crippen molar-refractivity contribution in [3.63, 3.8) is 0 Å². The standard InChI is InChI=1S/C17H18N4S/c1-13-8-14(2)10-15(9-13)11-22-12-17-18-19-20-21(17)16-6-4-3-5-7-16/h3-10H,11-12H2,1-2H3. The quantitative estimate of drug-likeness (QED) is 0.720. The van der Waals surface area contributed by atoms with Crippen molar-refractivity contribution in [2.75, 3.05) is 0 Å². The number of aromatic nitrogens is 4. The van der Waals surface area contributed by atoms with Gasteiger partial charge in [-0.15, -0.1) is 16.9 Å². The minimum atomic E-state index is 0.787. The molecule has 1 heterocycles. The van der Waals surface area contributed by atoms with E-state index in [1.54, 1.807) is 4.68 Å². The maximum Gasteiger partial charge on any atom is 0.166 e. The molecule has 4 nitrogen and oxygen atoms in total. The van der Waals surface area contributed by atoms with Gasteiger partial charge in [-0.2, -0.15) is 4.68 Å².